The number of aryl methyl sites for hydroxylation is 2. The minimum atomic E-state index is -3.53. The van der Waals surface area contributed by atoms with E-state index in [9.17, 15) is 8.42 Å². The van der Waals surface area contributed by atoms with E-state index in [-0.39, 0.29) is 5.92 Å². The molecule has 2 aliphatic rings. The third kappa shape index (κ3) is 3.09. The molecule has 0 radical (unpaired) electrons. The zero-order chi connectivity index (χ0) is 21.0. The lowest BCUT2D eigenvalue weighted by Crippen LogP contribution is -2.38. The van der Waals surface area contributed by atoms with Crippen molar-refractivity contribution in [1.29, 1.82) is 0 Å². The molecule has 7 nitrogen and oxygen atoms in total. The Morgan fingerprint density at radius 3 is 2.63 bits per heavy atom. The molecule has 2 aromatic heterocycles. The van der Waals surface area contributed by atoms with Gasteiger partial charge in [0, 0.05) is 30.8 Å². The molecule has 2 aliphatic heterocycles. The van der Waals surface area contributed by atoms with Crippen LogP contribution in [0, 0.1) is 13.8 Å². The molecule has 0 aliphatic carbocycles. The number of aromatic nitrogens is 3. The highest BCUT2D eigenvalue weighted by Gasteiger charge is 2.33. The molecule has 1 saturated heterocycles. The van der Waals surface area contributed by atoms with Gasteiger partial charge >= 0.3 is 0 Å². The average molecular weight is 427 g/mol. The standard InChI is InChI=1S/C22H26N4O3S/c1-14-9-20-19(16(3)12-29-20)10-21(14)30(27,28)25-6-4-17(5-7-25)18-8-15(2)22-23-13-24-26(22)11-18/h8-11,13,16-17H,4-7,12H2,1-3H3. The van der Waals surface area contributed by atoms with Gasteiger partial charge in [-0.3, -0.25) is 0 Å². The van der Waals surface area contributed by atoms with Gasteiger partial charge in [-0.25, -0.2) is 17.9 Å². The monoisotopic (exact) mass is 426 g/mol. The van der Waals surface area contributed by atoms with Crippen molar-refractivity contribution >= 4 is 15.7 Å². The van der Waals surface area contributed by atoms with Crippen LogP contribution in [0.5, 0.6) is 5.75 Å². The Morgan fingerprint density at radius 2 is 1.87 bits per heavy atom. The Hall–Kier alpha value is -2.45. The van der Waals surface area contributed by atoms with Gasteiger partial charge in [-0.2, -0.15) is 9.40 Å². The summed E-state index contributed by atoms with van der Waals surface area (Å²) in [7, 11) is -3.53. The second-order valence-electron chi connectivity index (χ2n) is 8.53. The SMILES string of the molecule is Cc1cc2c(cc1S(=O)(=O)N1CCC(c3cc(C)c4ncnn4c3)CC1)C(C)CO2. The second kappa shape index (κ2) is 7.06. The number of pyridine rings is 1. The van der Waals surface area contributed by atoms with Gasteiger partial charge in [0.2, 0.25) is 10.0 Å². The molecule has 0 spiro atoms. The van der Waals surface area contributed by atoms with Crippen LogP contribution in [0.4, 0.5) is 0 Å². The van der Waals surface area contributed by atoms with E-state index in [4.69, 9.17) is 4.74 Å². The zero-order valence-corrected chi connectivity index (χ0v) is 18.3. The van der Waals surface area contributed by atoms with Crippen molar-refractivity contribution in [3.63, 3.8) is 0 Å². The number of rotatable bonds is 3. The summed E-state index contributed by atoms with van der Waals surface area (Å²) >= 11 is 0. The van der Waals surface area contributed by atoms with Crippen LogP contribution < -0.4 is 4.74 Å². The van der Waals surface area contributed by atoms with Crippen molar-refractivity contribution < 1.29 is 13.2 Å². The lowest BCUT2D eigenvalue weighted by Gasteiger charge is -2.32. The molecule has 158 valence electrons. The molecular weight excluding hydrogens is 400 g/mol. The van der Waals surface area contributed by atoms with Crippen LogP contribution >= 0.6 is 0 Å². The Labute approximate surface area is 176 Å². The third-order valence-electron chi connectivity index (χ3n) is 6.45. The number of nitrogens with zero attached hydrogens (tertiary/aromatic N) is 4. The lowest BCUT2D eigenvalue weighted by atomic mass is 9.91. The normalized spacial score (nSPS) is 20.4. The highest BCUT2D eigenvalue weighted by atomic mass is 32.2. The summed E-state index contributed by atoms with van der Waals surface area (Å²) in [6.45, 7) is 7.60. The molecule has 1 fully saturated rings. The van der Waals surface area contributed by atoms with Crippen LogP contribution in [-0.4, -0.2) is 47.0 Å². The largest absolute Gasteiger partial charge is 0.493 e. The van der Waals surface area contributed by atoms with Gasteiger partial charge in [-0.15, -0.1) is 0 Å². The first-order valence-electron chi connectivity index (χ1n) is 10.4. The van der Waals surface area contributed by atoms with Crippen molar-refractivity contribution in [3.05, 3.63) is 53.0 Å². The summed E-state index contributed by atoms with van der Waals surface area (Å²) in [5.74, 6) is 1.35. The Morgan fingerprint density at radius 1 is 1.10 bits per heavy atom. The number of hydrogen-bond donors (Lipinski definition) is 0. The second-order valence-corrected chi connectivity index (χ2v) is 10.4. The molecule has 3 aromatic rings. The number of fused-ring (bicyclic) bond motifs is 2. The first kappa shape index (κ1) is 19.5. The van der Waals surface area contributed by atoms with E-state index in [1.54, 1.807) is 10.6 Å². The van der Waals surface area contributed by atoms with Gasteiger partial charge in [0.25, 0.3) is 0 Å². The maximum Gasteiger partial charge on any atom is 0.243 e. The molecule has 5 rings (SSSR count). The molecule has 0 saturated carbocycles. The number of sulfonamides is 1. The first-order chi connectivity index (χ1) is 14.3. The van der Waals surface area contributed by atoms with Crippen molar-refractivity contribution in [1.82, 2.24) is 18.9 Å². The quantitative estimate of drug-likeness (QED) is 0.641. The van der Waals surface area contributed by atoms with Crippen molar-refractivity contribution in [3.8, 4) is 5.75 Å². The molecule has 1 unspecified atom stereocenters. The minimum Gasteiger partial charge on any atom is -0.493 e. The molecule has 0 amide bonds. The van der Waals surface area contributed by atoms with Crippen LogP contribution in [0.1, 0.15) is 53.9 Å². The van der Waals surface area contributed by atoms with Gasteiger partial charge in [0.1, 0.15) is 12.1 Å². The Balaban J connectivity index is 1.38. The van der Waals surface area contributed by atoms with Crippen LogP contribution in [0.2, 0.25) is 0 Å². The van der Waals surface area contributed by atoms with Gasteiger partial charge in [-0.1, -0.05) is 13.0 Å². The lowest BCUT2D eigenvalue weighted by molar-refractivity contribution is 0.319. The van der Waals surface area contributed by atoms with Crippen LogP contribution in [0.15, 0.2) is 35.6 Å². The fourth-order valence-electron chi connectivity index (χ4n) is 4.68. The van der Waals surface area contributed by atoms with E-state index < -0.39 is 10.0 Å². The predicted octanol–water partition coefficient (Wildman–Crippen LogP) is 3.41. The maximum atomic E-state index is 13.4. The van der Waals surface area contributed by atoms with Gasteiger partial charge < -0.3 is 4.74 Å². The topological polar surface area (TPSA) is 76.8 Å². The molecule has 4 heterocycles. The molecule has 0 N–H and O–H groups in total. The summed E-state index contributed by atoms with van der Waals surface area (Å²) in [6.07, 6.45) is 5.17. The van der Waals surface area contributed by atoms with E-state index in [2.05, 4.69) is 23.1 Å². The van der Waals surface area contributed by atoms with Gasteiger partial charge in [0.15, 0.2) is 5.65 Å². The van der Waals surface area contributed by atoms with E-state index in [0.717, 1.165) is 40.9 Å². The average Bonchev–Trinajstić information content (AvgIpc) is 3.34. The maximum absolute atomic E-state index is 13.4. The van der Waals surface area contributed by atoms with E-state index in [1.807, 2.05) is 36.7 Å². The summed E-state index contributed by atoms with van der Waals surface area (Å²) in [5, 5.41) is 4.26. The fourth-order valence-corrected chi connectivity index (χ4v) is 6.39. The number of ether oxygens (including phenoxy) is 1. The molecule has 1 aromatic carbocycles. The Bertz CT molecular complexity index is 1230. The van der Waals surface area contributed by atoms with E-state index in [0.29, 0.717) is 30.5 Å². The highest BCUT2D eigenvalue weighted by Crippen LogP contribution is 2.38. The zero-order valence-electron chi connectivity index (χ0n) is 17.5. The molecule has 1 atom stereocenters. The van der Waals surface area contributed by atoms with E-state index in [1.165, 1.54) is 5.56 Å². The van der Waals surface area contributed by atoms with Crippen molar-refractivity contribution in [2.75, 3.05) is 19.7 Å². The highest BCUT2D eigenvalue weighted by molar-refractivity contribution is 7.89. The minimum absolute atomic E-state index is 0.218. The smallest absolute Gasteiger partial charge is 0.243 e. The van der Waals surface area contributed by atoms with Crippen LogP contribution in [0.25, 0.3) is 5.65 Å². The van der Waals surface area contributed by atoms with Gasteiger partial charge in [-0.05, 0) is 61.4 Å². The first-order valence-corrected chi connectivity index (χ1v) is 11.9. The van der Waals surface area contributed by atoms with E-state index >= 15 is 0 Å². The number of benzene rings is 1. The summed E-state index contributed by atoms with van der Waals surface area (Å²) in [5.41, 5.74) is 4.89. The number of hydrogen-bond acceptors (Lipinski definition) is 5. The van der Waals surface area contributed by atoms with Crippen LogP contribution in [-0.2, 0) is 10.0 Å². The van der Waals surface area contributed by atoms with Crippen molar-refractivity contribution in [2.24, 2.45) is 0 Å². The molecular formula is C22H26N4O3S. The van der Waals surface area contributed by atoms with Gasteiger partial charge in [0.05, 0.1) is 11.5 Å². The third-order valence-corrected chi connectivity index (χ3v) is 8.49. The number of piperidine rings is 1. The van der Waals surface area contributed by atoms with Crippen LogP contribution in [0.3, 0.4) is 0 Å². The molecule has 30 heavy (non-hydrogen) atoms. The Kier molecular flexibility index (Phi) is 4.59. The predicted molar refractivity (Wildman–Crippen MR) is 114 cm³/mol. The summed E-state index contributed by atoms with van der Waals surface area (Å²) < 4.78 is 36.0. The summed E-state index contributed by atoms with van der Waals surface area (Å²) in [4.78, 5) is 4.69. The summed E-state index contributed by atoms with van der Waals surface area (Å²) in [6, 6.07) is 5.85. The van der Waals surface area contributed by atoms with Crippen molar-refractivity contribution in [2.45, 2.75) is 50.3 Å². The molecule has 0 bridgehead atoms. The fraction of sp³-hybridized carbons (Fsp3) is 0.455. The molecule has 8 heteroatoms.